The summed E-state index contributed by atoms with van der Waals surface area (Å²) in [6.07, 6.45) is 0. The van der Waals surface area contributed by atoms with Crippen LogP contribution >= 0.6 is 15.9 Å². The molecule has 0 saturated carbocycles. The Hall–Kier alpha value is -1.27. The van der Waals surface area contributed by atoms with Gasteiger partial charge in [-0.1, -0.05) is 0 Å². The molecule has 6 heteroatoms. The van der Waals surface area contributed by atoms with Crippen molar-refractivity contribution in [2.24, 2.45) is 0 Å². The summed E-state index contributed by atoms with van der Waals surface area (Å²) in [5.41, 5.74) is 0.952. The van der Waals surface area contributed by atoms with Crippen molar-refractivity contribution < 1.29 is 19.4 Å². The molecular weight excluding hydrogens is 326 g/mol. The molecule has 1 N–H and O–H groups in total. The van der Waals surface area contributed by atoms with Crippen LogP contribution in [0.4, 0.5) is 0 Å². The molecule has 1 aromatic carbocycles. The lowest BCUT2D eigenvalue weighted by Crippen LogP contribution is -2.35. The van der Waals surface area contributed by atoms with Gasteiger partial charge in [0.2, 0.25) is 0 Å². The molecule has 0 fully saturated rings. The van der Waals surface area contributed by atoms with Gasteiger partial charge in [0, 0.05) is 6.54 Å². The number of rotatable bonds is 7. The maximum absolute atomic E-state index is 11.0. The molecular formula is C14H20BrNO4. The molecule has 0 radical (unpaired) electrons. The zero-order valence-electron chi connectivity index (χ0n) is 12.1. The van der Waals surface area contributed by atoms with Crippen molar-refractivity contribution >= 4 is 21.9 Å². The molecule has 5 nitrogen and oxygen atoms in total. The van der Waals surface area contributed by atoms with Crippen LogP contribution in [0, 0.1) is 0 Å². The molecule has 112 valence electrons. The molecule has 0 amide bonds. The third-order valence-corrected chi connectivity index (χ3v) is 3.62. The smallest absolute Gasteiger partial charge is 0.320 e. The van der Waals surface area contributed by atoms with Gasteiger partial charge in [-0.2, -0.15) is 0 Å². The second-order valence-electron chi connectivity index (χ2n) is 4.47. The topological polar surface area (TPSA) is 59.0 Å². The Bertz CT molecular complexity index is 478. The fourth-order valence-corrected chi connectivity index (χ4v) is 2.37. The van der Waals surface area contributed by atoms with Gasteiger partial charge >= 0.3 is 5.97 Å². The van der Waals surface area contributed by atoms with Crippen molar-refractivity contribution in [3.05, 3.63) is 22.2 Å². The van der Waals surface area contributed by atoms with E-state index in [1.807, 2.05) is 19.1 Å². The fraction of sp³-hybridized carbons (Fsp3) is 0.500. The van der Waals surface area contributed by atoms with E-state index < -0.39 is 12.0 Å². The molecule has 0 bridgehead atoms. The number of likely N-dealkylation sites (N-methyl/N-ethyl adjacent to an activating group) is 1. The maximum Gasteiger partial charge on any atom is 0.320 e. The van der Waals surface area contributed by atoms with E-state index in [4.69, 9.17) is 14.6 Å². The average Bonchev–Trinajstić information content (AvgIpc) is 2.40. The first-order chi connectivity index (χ1) is 9.40. The van der Waals surface area contributed by atoms with E-state index in [-0.39, 0.29) is 0 Å². The molecule has 1 rings (SSSR count). The number of hydrogen-bond acceptors (Lipinski definition) is 4. The van der Waals surface area contributed by atoms with Crippen molar-refractivity contribution in [1.82, 2.24) is 4.90 Å². The van der Waals surface area contributed by atoms with E-state index in [1.165, 1.54) is 0 Å². The molecule has 20 heavy (non-hydrogen) atoms. The Morgan fingerprint density at radius 3 is 2.65 bits per heavy atom. The summed E-state index contributed by atoms with van der Waals surface area (Å²) in [6.45, 7) is 4.62. The largest absolute Gasteiger partial charge is 0.493 e. The van der Waals surface area contributed by atoms with Crippen LogP contribution in [-0.4, -0.2) is 42.8 Å². The molecule has 1 unspecified atom stereocenters. The zero-order valence-corrected chi connectivity index (χ0v) is 13.7. The molecule has 0 spiro atoms. The van der Waals surface area contributed by atoms with E-state index in [0.29, 0.717) is 24.7 Å². The molecule has 0 heterocycles. The van der Waals surface area contributed by atoms with Crippen LogP contribution in [-0.2, 0) is 11.3 Å². The van der Waals surface area contributed by atoms with Crippen molar-refractivity contribution in [3.63, 3.8) is 0 Å². The number of carboxylic acids is 1. The number of hydrogen-bond donors (Lipinski definition) is 1. The van der Waals surface area contributed by atoms with Crippen LogP contribution < -0.4 is 9.47 Å². The molecule has 1 atom stereocenters. The zero-order chi connectivity index (χ0) is 15.3. The SMILES string of the molecule is CCOc1c(Br)cc(CN(C)C(C)C(=O)O)cc1OC. The highest BCUT2D eigenvalue weighted by Crippen LogP contribution is 2.36. The van der Waals surface area contributed by atoms with Gasteiger partial charge in [0.1, 0.15) is 6.04 Å². The number of halogens is 1. The Morgan fingerprint density at radius 1 is 1.50 bits per heavy atom. The number of carbonyl (C=O) groups is 1. The second-order valence-corrected chi connectivity index (χ2v) is 5.33. The predicted octanol–water partition coefficient (Wildman–Crippen LogP) is 2.76. The summed E-state index contributed by atoms with van der Waals surface area (Å²) >= 11 is 3.46. The van der Waals surface area contributed by atoms with Crippen LogP contribution in [0.1, 0.15) is 19.4 Å². The minimum absolute atomic E-state index is 0.509. The van der Waals surface area contributed by atoms with Crippen LogP contribution in [0.5, 0.6) is 11.5 Å². The Morgan fingerprint density at radius 2 is 2.15 bits per heavy atom. The van der Waals surface area contributed by atoms with Gasteiger partial charge < -0.3 is 14.6 Å². The highest BCUT2D eigenvalue weighted by molar-refractivity contribution is 9.10. The van der Waals surface area contributed by atoms with E-state index in [9.17, 15) is 4.79 Å². The number of nitrogens with zero attached hydrogens (tertiary/aromatic N) is 1. The van der Waals surface area contributed by atoms with Crippen molar-refractivity contribution in [2.45, 2.75) is 26.4 Å². The molecule has 0 aliphatic carbocycles. The van der Waals surface area contributed by atoms with Crippen molar-refractivity contribution in [1.29, 1.82) is 0 Å². The summed E-state index contributed by atoms with van der Waals surface area (Å²) in [5.74, 6) is 0.449. The lowest BCUT2D eigenvalue weighted by atomic mass is 10.1. The molecule has 0 aliphatic rings. The van der Waals surface area contributed by atoms with Crippen LogP contribution in [0.25, 0.3) is 0 Å². The van der Waals surface area contributed by atoms with Gasteiger partial charge in [0.05, 0.1) is 18.2 Å². The first-order valence-corrected chi connectivity index (χ1v) is 7.12. The molecule has 0 aromatic heterocycles. The van der Waals surface area contributed by atoms with E-state index in [0.717, 1.165) is 10.0 Å². The third-order valence-electron chi connectivity index (χ3n) is 3.03. The summed E-state index contributed by atoms with van der Waals surface area (Å²) in [7, 11) is 3.35. The number of benzene rings is 1. The Labute approximate surface area is 127 Å². The van der Waals surface area contributed by atoms with E-state index in [2.05, 4.69) is 15.9 Å². The number of methoxy groups -OCH3 is 1. The number of aliphatic carboxylic acids is 1. The average molecular weight is 346 g/mol. The summed E-state index contributed by atoms with van der Waals surface area (Å²) in [6, 6.07) is 3.23. The summed E-state index contributed by atoms with van der Waals surface area (Å²) in [5, 5.41) is 9.00. The Balaban J connectivity index is 2.97. The Kier molecular flexibility index (Phi) is 6.29. The van der Waals surface area contributed by atoms with Gasteiger partial charge in [-0.15, -0.1) is 0 Å². The number of carboxylic acid groups (broad SMARTS) is 1. The lowest BCUT2D eigenvalue weighted by Gasteiger charge is -2.22. The first kappa shape index (κ1) is 16.8. The van der Waals surface area contributed by atoms with E-state index in [1.54, 1.807) is 26.0 Å². The monoisotopic (exact) mass is 345 g/mol. The molecule has 0 aliphatic heterocycles. The van der Waals surface area contributed by atoms with Crippen LogP contribution in [0.15, 0.2) is 16.6 Å². The minimum Gasteiger partial charge on any atom is -0.493 e. The van der Waals surface area contributed by atoms with Gasteiger partial charge in [0.15, 0.2) is 11.5 Å². The van der Waals surface area contributed by atoms with Gasteiger partial charge in [-0.25, -0.2) is 0 Å². The molecule has 1 aromatic rings. The highest BCUT2D eigenvalue weighted by Gasteiger charge is 2.18. The van der Waals surface area contributed by atoms with Gasteiger partial charge in [0.25, 0.3) is 0 Å². The van der Waals surface area contributed by atoms with Crippen molar-refractivity contribution in [3.8, 4) is 11.5 Å². The third kappa shape index (κ3) is 4.11. The molecule has 0 saturated heterocycles. The van der Waals surface area contributed by atoms with Gasteiger partial charge in [-0.05, 0) is 54.5 Å². The van der Waals surface area contributed by atoms with Gasteiger partial charge in [-0.3, -0.25) is 9.69 Å². The number of ether oxygens (including phenoxy) is 2. The van der Waals surface area contributed by atoms with Crippen LogP contribution in [0.3, 0.4) is 0 Å². The van der Waals surface area contributed by atoms with Crippen molar-refractivity contribution in [2.75, 3.05) is 20.8 Å². The quantitative estimate of drug-likeness (QED) is 0.823. The maximum atomic E-state index is 11.0. The standard InChI is InChI=1S/C14H20BrNO4/c1-5-20-13-11(15)6-10(7-12(13)19-4)8-16(3)9(2)14(17)18/h6-7,9H,5,8H2,1-4H3,(H,17,18). The normalized spacial score (nSPS) is 12.3. The summed E-state index contributed by atoms with van der Waals surface area (Å²) < 4.78 is 11.6. The van der Waals surface area contributed by atoms with E-state index >= 15 is 0 Å². The predicted molar refractivity (Wildman–Crippen MR) is 80.4 cm³/mol. The first-order valence-electron chi connectivity index (χ1n) is 6.32. The lowest BCUT2D eigenvalue weighted by molar-refractivity contribution is -0.142. The fourth-order valence-electron chi connectivity index (χ4n) is 1.76. The summed E-state index contributed by atoms with van der Waals surface area (Å²) in [4.78, 5) is 12.7. The second kappa shape index (κ2) is 7.50. The minimum atomic E-state index is -0.843. The van der Waals surface area contributed by atoms with Crippen LogP contribution in [0.2, 0.25) is 0 Å². The highest BCUT2D eigenvalue weighted by atomic mass is 79.9.